The van der Waals surface area contributed by atoms with Gasteiger partial charge in [0.25, 0.3) is 5.56 Å². The zero-order valence-corrected chi connectivity index (χ0v) is 9.98. The summed E-state index contributed by atoms with van der Waals surface area (Å²) in [5.41, 5.74) is 0.667. The number of halogens is 3. The molecule has 102 valence electrons. The molecule has 3 rings (SSSR count). The van der Waals surface area contributed by atoms with Crippen molar-refractivity contribution < 1.29 is 13.2 Å². The van der Waals surface area contributed by atoms with E-state index in [0.717, 1.165) is 5.56 Å². The smallest absolute Gasteiger partial charge is 0.319 e. The third kappa shape index (κ3) is 2.07. The highest BCUT2D eigenvalue weighted by Crippen LogP contribution is 2.27. The largest absolute Gasteiger partial charge is 0.451 e. The van der Waals surface area contributed by atoms with Crippen LogP contribution in [-0.2, 0) is 6.18 Å². The summed E-state index contributed by atoms with van der Waals surface area (Å²) < 4.78 is 38.4. The van der Waals surface area contributed by atoms with Crippen LogP contribution < -0.4 is 5.56 Å². The molecular formula is C13H8F3N3O. The SMILES string of the molecule is O=c1cc(-c2ccccc2)cc2[nH]c(C(F)(F)F)nn12. The van der Waals surface area contributed by atoms with Crippen molar-refractivity contribution in [3.8, 4) is 11.1 Å². The second kappa shape index (κ2) is 4.22. The Kier molecular flexibility index (Phi) is 2.63. The van der Waals surface area contributed by atoms with Crippen molar-refractivity contribution in [1.82, 2.24) is 14.6 Å². The van der Waals surface area contributed by atoms with Crippen molar-refractivity contribution in [2.45, 2.75) is 6.18 Å². The normalized spacial score (nSPS) is 11.9. The molecule has 0 aliphatic heterocycles. The van der Waals surface area contributed by atoms with Crippen molar-refractivity contribution in [2.24, 2.45) is 0 Å². The number of nitrogens with one attached hydrogen (secondary N) is 1. The van der Waals surface area contributed by atoms with E-state index in [4.69, 9.17) is 0 Å². The minimum Gasteiger partial charge on any atom is -0.319 e. The van der Waals surface area contributed by atoms with Crippen LogP contribution in [0.5, 0.6) is 0 Å². The van der Waals surface area contributed by atoms with Crippen molar-refractivity contribution >= 4 is 5.65 Å². The Morgan fingerprint density at radius 2 is 1.75 bits per heavy atom. The Hall–Kier alpha value is -2.57. The molecule has 0 saturated carbocycles. The number of hydrogen-bond acceptors (Lipinski definition) is 2. The molecule has 0 aliphatic carbocycles. The van der Waals surface area contributed by atoms with Gasteiger partial charge in [-0.2, -0.15) is 17.7 Å². The van der Waals surface area contributed by atoms with E-state index in [0.29, 0.717) is 10.1 Å². The average Bonchev–Trinajstić information content (AvgIpc) is 2.84. The van der Waals surface area contributed by atoms with Gasteiger partial charge in [-0.1, -0.05) is 30.3 Å². The summed E-state index contributed by atoms with van der Waals surface area (Å²) in [5, 5.41) is 3.24. The van der Waals surface area contributed by atoms with E-state index in [-0.39, 0.29) is 5.65 Å². The van der Waals surface area contributed by atoms with Crippen LogP contribution >= 0.6 is 0 Å². The van der Waals surface area contributed by atoms with Crippen LogP contribution in [0.15, 0.2) is 47.3 Å². The van der Waals surface area contributed by atoms with E-state index in [9.17, 15) is 18.0 Å². The van der Waals surface area contributed by atoms with Crippen molar-refractivity contribution in [3.05, 3.63) is 58.6 Å². The number of nitrogens with zero attached hydrogens (tertiary/aromatic N) is 2. The topological polar surface area (TPSA) is 50.2 Å². The monoisotopic (exact) mass is 279 g/mol. The molecule has 2 aromatic heterocycles. The number of pyridine rings is 1. The van der Waals surface area contributed by atoms with E-state index in [1.807, 2.05) is 6.07 Å². The fraction of sp³-hybridized carbons (Fsp3) is 0.0769. The van der Waals surface area contributed by atoms with Crippen LogP contribution in [0.1, 0.15) is 5.82 Å². The Morgan fingerprint density at radius 3 is 2.40 bits per heavy atom. The van der Waals surface area contributed by atoms with Gasteiger partial charge in [0.1, 0.15) is 5.65 Å². The summed E-state index contributed by atoms with van der Waals surface area (Å²) in [4.78, 5) is 13.9. The molecule has 0 saturated heterocycles. The highest BCUT2D eigenvalue weighted by molar-refractivity contribution is 5.66. The quantitative estimate of drug-likeness (QED) is 0.744. The standard InChI is InChI=1S/C13H8F3N3O/c14-13(15,16)12-17-10-6-9(7-11(20)19(10)18-12)8-4-2-1-3-5-8/h1-7H,(H,17,18). The number of fused-ring (bicyclic) bond motifs is 1. The van der Waals surface area contributed by atoms with Crippen LogP contribution in [0.3, 0.4) is 0 Å². The van der Waals surface area contributed by atoms with Gasteiger partial charge in [-0.25, -0.2) is 0 Å². The van der Waals surface area contributed by atoms with Gasteiger partial charge in [0.15, 0.2) is 0 Å². The first-order valence-corrected chi connectivity index (χ1v) is 5.71. The Bertz CT molecular complexity index is 818. The first-order valence-electron chi connectivity index (χ1n) is 5.71. The predicted octanol–water partition coefficient (Wildman–Crippen LogP) is 2.71. The lowest BCUT2D eigenvalue weighted by Crippen LogP contribution is -2.14. The van der Waals surface area contributed by atoms with Crippen molar-refractivity contribution in [1.29, 1.82) is 0 Å². The first-order chi connectivity index (χ1) is 9.45. The van der Waals surface area contributed by atoms with E-state index >= 15 is 0 Å². The molecule has 7 heteroatoms. The summed E-state index contributed by atoms with van der Waals surface area (Å²) >= 11 is 0. The molecule has 1 N–H and O–H groups in total. The Morgan fingerprint density at radius 1 is 1.05 bits per heavy atom. The molecule has 4 nitrogen and oxygen atoms in total. The van der Waals surface area contributed by atoms with Gasteiger partial charge in [-0.3, -0.25) is 4.79 Å². The average molecular weight is 279 g/mol. The van der Waals surface area contributed by atoms with E-state index < -0.39 is 17.6 Å². The number of H-pyrrole nitrogens is 1. The molecule has 0 spiro atoms. The number of aromatic nitrogens is 3. The number of rotatable bonds is 1. The van der Waals surface area contributed by atoms with Crippen molar-refractivity contribution in [2.75, 3.05) is 0 Å². The van der Waals surface area contributed by atoms with E-state index in [2.05, 4.69) is 10.1 Å². The highest BCUT2D eigenvalue weighted by Gasteiger charge is 2.35. The minimum absolute atomic E-state index is 0.00341. The van der Waals surface area contributed by atoms with Crippen LogP contribution in [0.25, 0.3) is 16.8 Å². The van der Waals surface area contributed by atoms with Crippen LogP contribution in [0.2, 0.25) is 0 Å². The van der Waals surface area contributed by atoms with Gasteiger partial charge in [0.05, 0.1) is 0 Å². The van der Waals surface area contributed by atoms with E-state index in [1.54, 1.807) is 24.3 Å². The molecule has 20 heavy (non-hydrogen) atoms. The highest BCUT2D eigenvalue weighted by atomic mass is 19.4. The zero-order valence-electron chi connectivity index (χ0n) is 9.98. The fourth-order valence-corrected chi connectivity index (χ4v) is 1.93. The molecule has 0 unspecified atom stereocenters. The van der Waals surface area contributed by atoms with Gasteiger partial charge < -0.3 is 4.98 Å². The van der Waals surface area contributed by atoms with Crippen LogP contribution in [0.4, 0.5) is 13.2 Å². The minimum atomic E-state index is -4.62. The van der Waals surface area contributed by atoms with Crippen LogP contribution in [-0.4, -0.2) is 14.6 Å². The maximum absolute atomic E-state index is 12.6. The van der Waals surface area contributed by atoms with Gasteiger partial charge in [0.2, 0.25) is 5.82 Å². The van der Waals surface area contributed by atoms with Gasteiger partial charge in [-0.05, 0) is 17.2 Å². The predicted molar refractivity (Wildman–Crippen MR) is 66.3 cm³/mol. The van der Waals surface area contributed by atoms with Crippen molar-refractivity contribution in [3.63, 3.8) is 0 Å². The molecular weight excluding hydrogens is 271 g/mol. The number of hydrogen-bond donors (Lipinski definition) is 1. The molecule has 0 bridgehead atoms. The lowest BCUT2D eigenvalue weighted by atomic mass is 10.1. The summed E-state index contributed by atoms with van der Waals surface area (Å²) in [6.45, 7) is 0. The molecule has 0 radical (unpaired) electrons. The Labute approximate surface area is 110 Å². The second-order valence-electron chi connectivity index (χ2n) is 4.22. The fourth-order valence-electron chi connectivity index (χ4n) is 1.93. The lowest BCUT2D eigenvalue weighted by Gasteiger charge is -2.00. The number of benzene rings is 1. The molecule has 2 heterocycles. The van der Waals surface area contributed by atoms with Gasteiger partial charge in [0, 0.05) is 6.07 Å². The molecule has 0 atom stereocenters. The maximum Gasteiger partial charge on any atom is 0.451 e. The van der Waals surface area contributed by atoms with Crippen LogP contribution in [0, 0.1) is 0 Å². The van der Waals surface area contributed by atoms with Gasteiger partial charge in [-0.15, -0.1) is 5.10 Å². The summed E-state index contributed by atoms with van der Waals surface area (Å²) in [5.74, 6) is -1.19. The first kappa shape index (κ1) is 12.5. The Balaban J connectivity index is 2.22. The number of alkyl halides is 3. The second-order valence-corrected chi connectivity index (χ2v) is 4.22. The van der Waals surface area contributed by atoms with Gasteiger partial charge >= 0.3 is 6.18 Å². The third-order valence-electron chi connectivity index (χ3n) is 2.83. The molecule has 0 fully saturated rings. The molecule has 1 aromatic carbocycles. The molecule has 3 aromatic rings. The third-order valence-corrected chi connectivity index (χ3v) is 2.83. The van der Waals surface area contributed by atoms with E-state index in [1.165, 1.54) is 12.1 Å². The number of aromatic amines is 1. The maximum atomic E-state index is 12.6. The molecule has 0 aliphatic rings. The zero-order chi connectivity index (χ0) is 14.3. The molecule has 0 amide bonds. The summed E-state index contributed by atoms with van der Waals surface area (Å²) in [7, 11) is 0. The summed E-state index contributed by atoms with van der Waals surface area (Å²) in [6, 6.07) is 11.6. The lowest BCUT2D eigenvalue weighted by molar-refractivity contribution is -0.144. The summed E-state index contributed by atoms with van der Waals surface area (Å²) in [6.07, 6.45) is -4.62.